The number of anilines is 1. The van der Waals surface area contributed by atoms with Crippen molar-refractivity contribution in [1.29, 1.82) is 0 Å². The summed E-state index contributed by atoms with van der Waals surface area (Å²) in [6, 6.07) is 11.7. The van der Waals surface area contributed by atoms with Crippen LogP contribution >= 0.6 is 0 Å². The average molecular weight is 366 g/mol. The number of nitrogens with one attached hydrogen (secondary N) is 1. The third kappa shape index (κ3) is 4.77. The third-order valence-corrected chi connectivity index (χ3v) is 5.25. The van der Waals surface area contributed by atoms with Crippen LogP contribution in [0.4, 0.5) is 14.9 Å². The Hall–Kier alpha value is -2.45. The summed E-state index contributed by atoms with van der Waals surface area (Å²) in [6.07, 6.45) is -0.616. The standard InChI is InChI=1S/C17H19FN2O4S/c1-3-24-17(21)19-14-8-10-15(11-9-14)25(22,23)20(2)12-13-6-4-5-7-16(13)18/h4-11H,3,12H2,1-2H3,(H,19,21). The summed E-state index contributed by atoms with van der Waals surface area (Å²) in [6.45, 7) is 1.83. The maximum Gasteiger partial charge on any atom is 0.411 e. The Morgan fingerprint density at radius 1 is 1.16 bits per heavy atom. The molecule has 1 N–H and O–H groups in total. The molecule has 0 saturated carbocycles. The minimum absolute atomic E-state index is 0.0424. The van der Waals surface area contributed by atoms with Crippen molar-refractivity contribution in [3.63, 3.8) is 0 Å². The lowest BCUT2D eigenvalue weighted by molar-refractivity contribution is 0.168. The molecule has 0 aliphatic carbocycles. The number of hydrogen-bond acceptors (Lipinski definition) is 4. The van der Waals surface area contributed by atoms with Gasteiger partial charge in [0, 0.05) is 24.8 Å². The van der Waals surface area contributed by atoms with Crippen molar-refractivity contribution in [3.8, 4) is 0 Å². The van der Waals surface area contributed by atoms with Gasteiger partial charge in [0.2, 0.25) is 10.0 Å². The maximum atomic E-state index is 13.7. The van der Waals surface area contributed by atoms with Gasteiger partial charge >= 0.3 is 6.09 Å². The van der Waals surface area contributed by atoms with Crippen LogP contribution in [-0.4, -0.2) is 32.5 Å². The van der Waals surface area contributed by atoms with Crippen LogP contribution in [0.1, 0.15) is 12.5 Å². The minimum atomic E-state index is -3.79. The second-order valence-corrected chi connectivity index (χ2v) is 7.27. The first-order chi connectivity index (χ1) is 11.8. The smallest absolute Gasteiger partial charge is 0.411 e. The van der Waals surface area contributed by atoms with Crippen LogP contribution in [0.3, 0.4) is 0 Å². The van der Waals surface area contributed by atoms with Crippen molar-refractivity contribution in [3.05, 3.63) is 59.9 Å². The highest BCUT2D eigenvalue weighted by molar-refractivity contribution is 7.89. The predicted molar refractivity (Wildman–Crippen MR) is 92.1 cm³/mol. The van der Waals surface area contributed by atoms with Crippen molar-refractivity contribution in [2.24, 2.45) is 0 Å². The van der Waals surface area contributed by atoms with Gasteiger partial charge in [-0.2, -0.15) is 4.31 Å². The van der Waals surface area contributed by atoms with Crippen LogP contribution in [0.5, 0.6) is 0 Å². The lowest BCUT2D eigenvalue weighted by atomic mass is 10.2. The highest BCUT2D eigenvalue weighted by atomic mass is 32.2. The fourth-order valence-electron chi connectivity index (χ4n) is 2.13. The Morgan fingerprint density at radius 2 is 1.80 bits per heavy atom. The summed E-state index contributed by atoms with van der Waals surface area (Å²) in [5.74, 6) is -0.460. The van der Waals surface area contributed by atoms with Crippen molar-refractivity contribution >= 4 is 21.8 Å². The average Bonchev–Trinajstić information content (AvgIpc) is 2.57. The van der Waals surface area contributed by atoms with Crippen molar-refractivity contribution < 1.29 is 22.3 Å². The zero-order valence-corrected chi connectivity index (χ0v) is 14.7. The van der Waals surface area contributed by atoms with Gasteiger partial charge in [-0.25, -0.2) is 17.6 Å². The minimum Gasteiger partial charge on any atom is -0.450 e. The molecule has 0 aromatic heterocycles. The maximum absolute atomic E-state index is 13.7. The molecule has 0 heterocycles. The van der Waals surface area contributed by atoms with E-state index in [0.29, 0.717) is 5.69 Å². The van der Waals surface area contributed by atoms with Gasteiger partial charge < -0.3 is 4.74 Å². The van der Waals surface area contributed by atoms with E-state index in [0.717, 1.165) is 4.31 Å². The van der Waals surface area contributed by atoms with Gasteiger partial charge in [0.25, 0.3) is 0 Å². The molecule has 0 radical (unpaired) electrons. The Balaban J connectivity index is 2.13. The SMILES string of the molecule is CCOC(=O)Nc1ccc(S(=O)(=O)N(C)Cc2ccccc2F)cc1. The molecule has 8 heteroatoms. The lowest BCUT2D eigenvalue weighted by Crippen LogP contribution is -2.27. The Bertz CT molecular complexity index is 838. The fraction of sp³-hybridized carbons (Fsp3) is 0.235. The lowest BCUT2D eigenvalue weighted by Gasteiger charge is -2.18. The summed E-state index contributed by atoms with van der Waals surface area (Å²) in [5, 5.41) is 2.48. The second kappa shape index (κ2) is 8.09. The van der Waals surface area contributed by atoms with Gasteiger partial charge in [-0.1, -0.05) is 18.2 Å². The predicted octanol–water partition coefficient (Wildman–Crippen LogP) is 3.21. The molecule has 0 aliphatic heterocycles. The van der Waals surface area contributed by atoms with E-state index < -0.39 is 21.9 Å². The van der Waals surface area contributed by atoms with E-state index in [-0.39, 0.29) is 23.6 Å². The highest BCUT2D eigenvalue weighted by Gasteiger charge is 2.21. The normalized spacial score (nSPS) is 11.4. The molecule has 25 heavy (non-hydrogen) atoms. The number of hydrogen-bond donors (Lipinski definition) is 1. The van der Waals surface area contributed by atoms with Crippen molar-refractivity contribution in [1.82, 2.24) is 4.31 Å². The number of amides is 1. The first kappa shape index (κ1) is 18.9. The highest BCUT2D eigenvalue weighted by Crippen LogP contribution is 2.20. The zero-order valence-electron chi connectivity index (χ0n) is 13.9. The molecule has 6 nitrogen and oxygen atoms in total. The summed E-state index contributed by atoms with van der Waals surface area (Å²) in [4.78, 5) is 11.4. The first-order valence-electron chi connectivity index (χ1n) is 7.58. The summed E-state index contributed by atoms with van der Waals surface area (Å²) >= 11 is 0. The topological polar surface area (TPSA) is 75.7 Å². The number of sulfonamides is 1. The van der Waals surface area contributed by atoms with E-state index in [2.05, 4.69) is 5.32 Å². The van der Waals surface area contributed by atoms with Crippen LogP contribution in [-0.2, 0) is 21.3 Å². The molecule has 2 rings (SSSR count). The molecule has 0 spiro atoms. The van der Waals surface area contributed by atoms with E-state index in [1.54, 1.807) is 19.1 Å². The third-order valence-electron chi connectivity index (χ3n) is 3.44. The molecular weight excluding hydrogens is 347 g/mol. The Morgan fingerprint density at radius 3 is 2.40 bits per heavy atom. The number of ether oxygens (including phenoxy) is 1. The van der Waals surface area contributed by atoms with Gasteiger partial charge in [0.05, 0.1) is 11.5 Å². The number of benzene rings is 2. The van der Waals surface area contributed by atoms with E-state index in [9.17, 15) is 17.6 Å². The largest absolute Gasteiger partial charge is 0.450 e. The molecular formula is C17H19FN2O4S. The van der Waals surface area contributed by atoms with E-state index in [1.807, 2.05) is 0 Å². The van der Waals surface area contributed by atoms with Gasteiger partial charge in [-0.15, -0.1) is 0 Å². The number of rotatable bonds is 6. The van der Waals surface area contributed by atoms with Gasteiger partial charge in [0.1, 0.15) is 5.82 Å². The van der Waals surface area contributed by atoms with E-state index >= 15 is 0 Å². The second-order valence-electron chi connectivity index (χ2n) is 5.22. The van der Waals surface area contributed by atoms with Crippen LogP contribution in [0.2, 0.25) is 0 Å². The number of carbonyl (C=O) groups is 1. The van der Waals surface area contributed by atoms with Crippen LogP contribution in [0.15, 0.2) is 53.4 Å². The number of halogens is 1. The van der Waals surface area contributed by atoms with Crippen LogP contribution in [0.25, 0.3) is 0 Å². The van der Waals surface area contributed by atoms with Gasteiger partial charge in [0.15, 0.2) is 0 Å². The van der Waals surface area contributed by atoms with Gasteiger partial charge in [-0.05, 0) is 37.3 Å². The summed E-state index contributed by atoms with van der Waals surface area (Å²) in [5.41, 5.74) is 0.698. The first-order valence-corrected chi connectivity index (χ1v) is 9.02. The monoisotopic (exact) mass is 366 g/mol. The Kier molecular flexibility index (Phi) is 6.11. The molecule has 2 aromatic rings. The summed E-state index contributed by atoms with van der Waals surface area (Å²) < 4.78 is 44.7. The molecule has 2 aromatic carbocycles. The molecule has 134 valence electrons. The van der Waals surface area contributed by atoms with Crippen LogP contribution < -0.4 is 5.32 Å². The van der Waals surface area contributed by atoms with Crippen molar-refractivity contribution in [2.45, 2.75) is 18.4 Å². The number of carbonyl (C=O) groups excluding carboxylic acids is 1. The van der Waals surface area contributed by atoms with Crippen molar-refractivity contribution in [2.75, 3.05) is 19.0 Å². The number of nitrogens with zero attached hydrogens (tertiary/aromatic N) is 1. The molecule has 0 aliphatic rings. The quantitative estimate of drug-likeness (QED) is 0.852. The molecule has 1 amide bonds. The van der Waals surface area contributed by atoms with Gasteiger partial charge in [-0.3, -0.25) is 5.32 Å². The molecule has 0 saturated heterocycles. The summed E-state index contributed by atoms with van der Waals surface area (Å²) in [7, 11) is -2.41. The van der Waals surface area contributed by atoms with E-state index in [4.69, 9.17) is 4.74 Å². The zero-order chi connectivity index (χ0) is 18.4. The molecule has 0 bridgehead atoms. The van der Waals surface area contributed by atoms with E-state index in [1.165, 1.54) is 43.4 Å². The molecule has 0 atom stereocenters. The molecule has 0 unspecified atom stereocenters. The fourth-order valence-corrected chi connectivity index (χ4v) is 3.28. The van der Waals surface area contributed by atoms with Crippen LogP contribution in [0, 0.1) is 5.82 Å². The Labute approximate surface area is 146 Å². The molecule has 0 fully saturated rings.